The largest absolute Gasteiger partial charge is 0.370 e. The molecular weight excluding hydrogens is 459 g/mol. The number of guanidine groups is 1. The summed E-state index contributed by atoms with van der Waals surface area (Å²) in [4.78, 5) is 17.5. The predicted molar refractivity (Wildman–Crippen MR) is 112 cm³/mol. The maximum atomic E-state index is 11.9. The Morgan fingerprint density at radius 1 is 1.17 bits per heavy atom. The summed E-state index contributed by atoms with van der Waals surface area (Å²) in [7, 11) is 0. The summed E-state index contributed by atoms with van der Waals surface area (Å²) in [6, 6.07) is 11.0. The van der Waals surface area contributed by atoms with Crippen LogP contribution in [0.4, 0.5) is 0 Å². The molecular formula is C16H20ClIN4OS. The molecule has 0 spiro atoms. The van der Waals surface area contributed by atoms with Crippen LogP contribution in [0.1, 0.15) is 15.2 Å². The van der Waals surface area contributed by atoms with Crippen LogP contribution in [-0.2, 0) is 6.42 Å². The fraction of sp³-hybridized carbons (Fsp3) is 0.250. The minimum Gasteiger partial charge on any atom is -0.370 e. The Labute approximate surface area is 167 Å². The predicted octanol–water partition coefficient (Wildman–Crippen LogP) is 2.90. The number of thiophene rings is 1. The molecule has 5 nitrogen and oxygen atoms in total. The second kappa shape index (κ2) is 11.3. The molecule has 0 radical (unpaired) electrons. The first-order chi connectivity index (χ1) is 11.2. The summed E-state index contributed by atoms with van der Waals surface area (Å²) < 4.78 is 0. The Bertz CT molecular complexity index is 664. The first kappa shape index (κ1) is 20.7. The van der Waals surface area contributed by atoms with Gasteiger partial charge in [0, 0.05) is 30.9 Å². The van der Waals surface area contributed by atoms with Gasteiger partial charge in [0.15, 0.2) is 5.96 Å². The smallest absolute Gasteiger partial charge is 0.252 e. The molecule has 0 aliphatic heterocycles. The zero-order chi connectivity index (χ0) is 16.5. The van der Waals surface area contributed by atoms with Crippen LogP contribution in [0.25, 0.3) is 0 Å². The van der Waals surface area contributed by atoms with E-state index in [1.165, 1.54) is 4.88 Å². The molecule has 1 amide bonds. The van der Waals surface area contributed by atoms with Crippen LogP contribution < -0.4 is 16.4 Å². The zero-order valence-corrected chi connectivity index (χ0v) is 16.9. The van der Waals surface area contributed by atoms with E-state index in [0.717, 1.165) is 6.42 Å². The van der Waals surface area contributed by atoms with Gasteiger partial charge in [-0.05, 0) is 23.6 Å². The number of amides is 1. The number of rotatable bonds is 7. The van der Waals surface area contributed by atoms with Crippen molar-refractivity contribution in [2.75, 3.05) is 19.6 Å². The van der Waals surface area contributed by atoms with Gasteiger partial charge in [0.05, 0.1) is 10.6 Å². The number of carbonyl (C=O) groups is 1. The molecule has 0 unspecified atom stereocenters. The molecule has 8 heteroatoms. The van der Waals surface area contributed by atoms with E-state index in [0.29, 0.717) is 36.2 Å². The van der Waals surface area contributed by atoms with Crippen LogP contribution in [0, 0.1) is 0 Å². The average Bonchev–Trinajstić information content (AvgIpc) is 3.05. The van der Waals surface area contributed by atoms with Gasteiger partial charge in [-0.3, -0.25) is 9.79 Å². The third-order valence-corrected chi connectivity index (χ3v) is 4.32. The number of nitrogens with zero attached hydrogens (tertiary/aromatic N) is 1. The molecule has 0 aliphatic rings. The molecule has 0 saturated heterocycles. The Morgan fingerprint density at radius 2 is 1.92 bits per heavy atom. The second-order valence-electron chi connectivity index (χ2n) is 4.76. The molecule has 0 saturated carbocycles. The monoisotopic (exact) mass is 478 g/mol. The average molecular weight is 479 g/mol. The topological polar surface area (TPSA) is 79.5 Å². The summed E-state index contributed by atoms with van der Waals surface area (Å²) in [5, 5.41) is 8.23. The number of benzene rings is 1. The van der Waals surface area contributed by atoms with Crippen molar-refractivity contribution in [3.63, 3.8) is 0 Å². The van der Waals surface area contributed by atoms with Crippen molar-refractivity contribution in [3.05, 3.63) is 57.2 Å². The lowest BCUT2D eigenvalue weighted by atomic mass is 10.2. The number of hydrogen-bond donors (Lipinski definition) is 3. The van der Waals surface area contributed by atoms with Gasteiger partial charge in [-0.15, -0.1) is 35.3 Å². The molecule has 0 fully saturated rings. The van der Waals surface area contributed by atoms with Crippen LogP contribution in [-0.4, -0.2) is 31.5 Å². The number of carbonyl (C=O) groups excluding carboxylic acids is 1. The van der Waals surface area contributed by atoms with Gasteiger partial charge >= 0.3 is 0 Å². The summed E-state index contributed by atoms with van der Waals surface area (Å²) in [5.41, 5.74) is 6.24. The van der Waals surface area contributed by atoms with Crippen LogP contribution >= 0.6 is 46.9 Å². The lowest BCUT2D eigenvalue weighted by molar-refractivity contribution is 0.0954. The molecule has 1 heterocycles. The normalized spacial score (nSPS) is 10.8. The van der Waals surface area contributed by atoms with E-state index in [4.69, 9.17) is 17.3 Å². The quantitative estimate of drug-likeness (QED) is 0.248. The first-order valence-corrected chi connectivity index (χ1v) is 8.51. The van der Waals surface area contributed by atoms with Crippen LogP contribution in [0.15, 0.2) is 46.8 Å². The molecule has 1 aromatic heterocycles. The van der Waals surface area contributed by atoms with Gasteiger partial charge in [-0.25, -0.2) is 0 Å². The number of halogens is 2. The lowest BCUT2D eigenvalue weighted by Crippen LogP contribution is -2.38. The number of hydrogen-bond acceptors (Lipinski definition) is 3. The van der Waals surface area contributed by atoms with Gasteiger partial charge in [0.1, 0.15) is 0 Å². The Balaban J connectivity index is 0.00000288. The van der Waals surface area contributed by atoms with Crippen LogP contribution in [0.2, 0.25) is 5.02 Å². The van der Waals surface area contributed by atoms with Gasteiger partial charge < -0.3 is 16.4 Å². The van der Waals surface area contributed by atoms with Crippen LogP contribution in [0.3, 0.4) is 0 Å². The van der Waals surface area contributed by atoms with Gasteiger partial charge in [-0.1, -0.05) is 29.8 Å². The van der Waals surface area contributed by atoms with Gasteiger partial charge in [0.2, 0.25) is 0 Å². The Morgan fingerprint density at radius 3 is 2.62 bits per heavy atom. The highest BCUT2D eigenvalue weighted by Gasteiger charge is 2.08. The molecule has 1 aromatic carbocycles. The van der Waals surface area contributed by atoms with E-state index in [1.807, 2.05) is 11.4 Å². The highest BCUT2D eigenvalue weighted by Crippen LogP contribution is 2.14. The van der Waals surface area contributed by atoms with Crippen molar-refractivity contribution in [1.82, 2.24) is 10.6 Å². The summed E-state index contributed by atoms with van der Waals surface area (Å²) in [6.45, 7) is 1.58. The maximum absolute atomic E-state index is 11.9. The SMILES string of the molecule is I.NC(=NCCc1cccs1)NCCNC(=O)c1ccccc1Cl. The van der Waals surface area contributed by atoms with E-state index < -0.39 is 0 Å². The first-order valence-electron chi connectivity index (χ1n) is 7.25. The number of aliphatic imine (C=N–C) groups is 1. The van der Waals surface area contributed by atoms with E-state index in [1.54, 1.807) is 35.6 Å². The minimum absolute atomic E-state index is 0. The summed E-state index contributed by atoms with van der Waals surface area (Å²) in [6.07, 6.45) is 0.878. The molecule has 0 atom stereocenters. The summed E-state index contributed by atoms with van der Waals surface area (Å²) >= 11 is 7.68. The van der Waals surface area contributed by atoms with E-state index in [2.05, 4.69) is 21.7 Å². The zero-order valence-electron chi connectivity index (χ0n) is 13.0. The third-order valence-electron chi connectivity index (χ3n) is 3.06. The molecule has 0 bridgehead atoms. The number of nitrogens with one attached hydrogen (secondary N) is 2. The standard InChI is InChI=1S/C16H19ClN4OS.HI/c17-14-6-2-1-5-13(14)15(22)19-9-10-21-16(18)20-8-7-12-4-3-11-23-12;/h1-6,11H,7-10H2,(H,19,22)(H3,18,20,21);1H. The van der Waals surface area contributed by atoms with Crippen molar-refractivity contribution < 1.29 is 4.79 Å². The number of nitrogens with two attached hydrogens (primary N) is 1. The molecule has 2 aromatic rings. The highest BCUT2D eigenvalue weighted by atomic mass is 127. The van der Waals surface area contributed by atoms with Crippen LogP contribution in [0.5, 0.6) is 0 Å². The molecule has 130 valence electrons. The molecule has 4 N–H and O–H groups in total. The van der Waals surface area contributed by atoms with Gasteiger partial charge in [0.25, 0.3) is 5.91 Å². The fourth-order valence-electron chi connectivity index (χ4n) is 1.90. The van der Waals surface area contributed by atoms with E-state index >= 15 is 0 Å². The molecule has 0 aliphatic carbocycles. The second-order valence-corrected chi connectivity index (χ2v) is 6.20. The van der Waals surface area contributed by atoms with E-state index in [9.17, 15) is 4.79 Å². The van der Waals surface area contributed by atoms with Crippen molar-refractivity contribution in [2.24, 2.45) is 10.7 Å². The fourth-order valence-corrected chi connectivity index (χ4v) is 2.82. The van der Waals surface area contributed by atoms with Crippen molar-refractivity contribution in [2.45, 2.75) is 6.42 Å². The van der Waals surface area contributed by atoms with Crippen molar-refractivity contribution in [1.29, 1.82) is 0 Å². The third kappa shape index (κ3) is 7.06. The summed E-state index contributed by atoms with van der Waals surface area (Å²) in [5.74, 6) is 0.180. The minimum atomic E-state index is -0.203. The van der Waals surface area contributed by atoms with E-state index in [-0.39, 0.29) is 29.9 Å². The molecule has 24 heavy (non-hydrogen) atoms. The van der Waals surface area contributed by atoms with Crippen molar-refractivity contribution >= 4 is 58.8 Å². The van der Waals surface area contributed by atoms with Crippen molar-refractivity contribution in [3.8, 4) is 0 Å². The molecule has 2 rings (SSSR count). The van der Waals surface area contributed by atoms with Gasteiger partial charge in [-0.2, -0.15) is 0 Å². The Kier molecular flexibility index (Phi) is 9.73. The highest BCUT2D eigenvalue weighted by molar-refractivity contribution is 14.0. The lowest BCUT2D eigenvalue weighted by Gasteiger charge is -2.08. The maximum Gasteiger partial charge on any atom is 0.252 e. The Hall–Kier alpha value is -1.32.